The van der Waals surface area contributed by atoms with E-state index in [2.05, 4.69) is 0 Å². The first-order valence-electron chi connectivity index (χ1n) is 12.3. The van der Waals surface area contributed by atoms with Crippen LogP contribution in [0.25, 0.3) is 0 Å². The van der Waals surface area contributed by atoms with Gasteiger partial charge in [0, 0.05) is 6.07 Å². The Kier molecular flexibility index (Phi) is 9.49. The van der Waals surface area contributed by atoms with Gasteiger partial charge in [-0.25, -0.2) is 17.3 Å². The lowest BCUT2D eigenvalue weighted by molar-refractivity contribution is 0.0496. The molecule has 0 fully saturated rings. The maximum atomic E-state index is 13.4. The first kappa shape index (κ1) is 30.3. The molecule has 0 atom stereocenters. The van der Waals surface area contributed by atoms with E-state index in [9.17, 15) is 17.8 Å². The van der Waals surface area contributed by atoms with E-state index >= 15 is 0 Å². The molecule has 0 N–H and O–H groups in total. The standard InChI is InChI=1S/C25H37N2O9PS/c1-16(2)22-11-21(32-14-20-10-9-19(34-20)13-26(7)8)12-23-24(22)25(28)27(38(23,30)31)15-33-37(29,35-17(3)4)36-18(5)6/h9-12,16-18H,13-15H2,1-8H3. The topological polar surface area (TPSA) is 125 Å². The second-order valence-electron chi connectivity index (χ2n) is 10.1. The van der Waals surface area contributed by atoms with Gasteiger partial charge in [0.25, 0.3) is 15.9 Å². The lowest BCUT2D eigenvalue weighted by Crippen LogP contribution is -2.32. The Bertz CT molecular complexity index is 1290. The zero-order valence-corrected chi connectivity index (χ0v) is 24.8. The number of rotatable bonds is 13. The van der Waals surface area contributed by atoms with Crippen molar-refractivity contribution in [1.29, 1.82) is 0 Å². The summed E-state index contributed by atoms with van der Waals surface area (Å²) in [6.45, 7) is 10.1. The van der Waals surface area contributed by atoms with E-state index < -0.39 is 42.7 Å². The largest absolute Gasteiger partial charge is 0.486 e. The van der Waals surface area contributed by atoms with E-state index in [-0.39, 0.29) is 28.7 Å². The molecule has 0 unspecified atom stereocenters. The van der Waals surface area contributed by atoms with Crippen LogP contribution < -0.4 is 4.74 Å². The number of carbonyl (C=O) groups is 1. The number of ether oxygens (including phenoxy) is 1. The highest BCUT2D eigenvalue weighted by Gasteiger charge is 2.45. The quantitative estimate of drug-likeness (QED) is 0.299. The molecule has 0 bridgehead atoms. The normalized spacial score (nSPS) is 15.4. The van der Waals surface area contributed by atoms with Crippen LogP contribution in [0, 0.1) is 0 Å². The minimum Gasteiger partial charge on any atom is -0.486 e. The average Bonchev–Trinajstić information content (AvgIpc) is 3.28. The molecule has 1 aliphatic rings. The van der Waals surface area contributed by atoms with Gasteiger partial charge in [-0.2, -0.15) is 0 Å². The van der Waals surface area contributed by atoms with Crippen molar-refractivity contribution >= 4 is 23.8 Å². The molecule has 1 aliphatic heterocycles. The van der Waals surface area contributed by atoms with Crippen molar-refractivity contribution in [2.24, 2.45) is 0 Å². The summed E-state index contributed by atoms with van der Waals surface area (Å²) in [5, 5.41) is 0. The van der Waals surface area contributed by atoms with E-state index in [1.54, 1.807) is 39.8 Å². The number of amides is 1. The van der Waals surface area contributed by atoms with Crippen LogP contribution in [-0.4, -0.2) is 56.6 Å². The number of hydrogen-bond acceptors (Lipinski definition) is 10. The molecule has 3 rings (SSSR count). The first-order chi connectivity index (χ1) is 17.6. The van der Waals surface area contributed by atoms with Gasteiger partial charge in [0.15, 0.2) is 0 Å². The molecule has 2 heterocycles. The van der Waals surface area contributed by atoms with Crippen LogP contribution in [0.2, 0.25) is 0 Å². The van der Waals surface area contributed by atoms with Crippen LogP contribution >= 0.6 is 7.82 Å². The predicted octanol–water partition coefficient (Wildman–Crippen LogP) is 5.12. The third kappa shape index (κ3) is 7.05. The zero-order valence-electron chi connectivity index (χ0n) is 23.1. The Morgan fingerprint density at radius 3 is 2.16 bits per heavy atom. The maximum Gasteiger partial charge on any atom is 0.477 e. The van der Waals surface area contributed by atoms with Crippen molar-refractivity contribution in [3.05, 3.63) is 46.9 Å². The van der Waals surface area contributed by atoms with Crippen molar-refractivity contribution in [2.75, 3.05) is 20.8 Å². The average molecular weight is 573 g/mol. The minimum absolute atomic E-state index is 0.0339. The number of fused-ring (bicyclic) bond motifs is 1. The van der Waals surface area contributed by atoms with Gasteiger partial charge in [-0.15, -0.1) is 0 Å². The number of hydrogen-bond donors (Lipinski definition) is 0. The van der Waals surface area contributed by atoms with Crippen LogP contribution in [0.1, 0.15) is 74.9 Å². The lowest BCUT2D eigenvalue weighted by atomic mass is 9.96. The second-order valence-corrected chi connectivity index (χ2v) is 13.5. The van der Waals surface area contributed by atoms with E-state index in [4.69, 9.17) is 22.7 Å². The van der Waals surface area contributed by atoms with Gasteiger partial charge >= 0.3 is 7.82 Å². The van der Waals surface area contributed by atoms with Gasteiger partial charge in [0.05, 0.1) is 24.3 Å². The molecule has 1 amide bonds. The summed E-state index contributed by atoms with van der Waals surface area (Å²) in [5.41, 5.74) is 0.535. The Morgan fingerprint density at radius 1 is 1.00 bits per heavy atom. The first-order valence-corrected chi connectivity index (χ1v) is 15.2. The molecule has 38 heavy (non-hydrogen) atoms. The van der Waals surface area contributed by atoms with Crippen LogP contribution in [0.4, 0.5) is 0 Å². The minimum atomic E-state index is -4.33. The van der Waals surface area contributed by atoms with Crippen LogP contribution in [0.3, 0.4) is 0 Å². The summed E-state index contributed by atoms with van der Waals surface area (Å²) in [5.74, 6) is 0.648. The van der Waals surface area contributed by atoms with Crippen molar-refractivity contribution in [3.63, 3.8) is 0 Å². The monoisotopic (exact) mass is 572 g/mol. The fourth-order valence-corrected chi connectivity index (χ4v) is 6.84. The highest BCUT2D eigenvalue weighted by atomic mass is 32.2. The third-order valence-electron chi connectivity index (χ3n) is 5.32. The third-order valence-corrected chi connectivity index (χ3v) is 8.84. The molecule has 0 saturated carbocycles. The highest BCUT2D eigenvalue weighted by molar-refractivity contribution is 7.90. The Hall–Kier alpha value is -2.21. The van der Waals surface area contributed by atoms with Crippen LogP contribution in [0.15, 0.2) is 33.6 Å². The van der Waals surface area contributed by atoms with Gasteiger partial charge in [0.2, 0.25) is 0 Å². The molecule has 2 aromatic rings. The Labute approximate surface area is 224 Å². The second kappa shape index (κ2) is 11.9. The number of carbonyl (C=O) groups excluding carboxylic acids is 1. The fourth-order valence-electron chi connectivity index (χ4n) is 3.84. The van der Waals surface area contributed by atoms with Gasteiger partial charge < -0.3 is 14.1 Å². The van der Waals surface area contributed by atoms with Crippen molar-refractivity contribution in [3.8, 4) is 5.75 Å². The van der Waals surface area contributed by atoms with E-state index in [0.717, 1.165) is 5.76 Å². The van der Waals surface area contributed by atoms with Crippen molar-refractivity contribution in [1.82, 2.24) is 9.21 Å². The number of nitrogens with zero attached hydrogens (tertiary/aromatic N) is 2. The smallest absolute Gasteiger partial charge is 0.477 e. The summed E-state index contributed by atoms with van der Waals surface area (Å²) in [6, 6.07) is 6.62. The highest BCUT2D eigenvalue weighted by Crippen LogP contribution is 2.52. The molecular weight excluding hydrogens is 535 g/mol. The van der Waals surface area contributed by atoms with Gasteiger partial charge in [-0.3, -0.25) is 18.4 Å². The molecular formula is C25H37N2O9PS. The Balaban J connectivity index is 1.87. The zero-order chi connectivity index (χ0) is 28.4. The number of sulfonamides is 1. The molecule has 0 radical (unpaired) electrons. The van der Waals surface area contributed by atoms with Crippen molar-refractivity contribution < 1.29 is 40.5 Å². The molecule has 1 aromatic carbocycles. The summed E-state index contributed by atoms with van der Waals surface area (Å²) in [7, 11) is -4.62. The number of benzene rings is 1. The SMILES string of the molecule is CC(C)OP(=O)(OCN1C(=O)c2c(C(C)C)cc(OCc3ccc(CN(C)C)o3)cc2S1(=O)=O)OC(C)C. The molecule has 0 spiro atoms. The van der Waals surface area contributed by atoms with E-state index in [1.165, 1.54) is 6.07 Å². The number of phosphoric acid groups is 1. The molecule has 0 aliphatic carbocycles. The molecule has 13 heteroatoms. The number of furan rings is 1. The molecule has 11 nitrogen and oxygen atoms in total. The summed E-state index contributed by atoms with van der Waals surface area (Å²) < 4.78 is 68.1. The van der Waals surface area contributed by atoms with Crippen molar-refractivity contribution in [2.45, 2.75) is 77.7 Å². The van der Waals surface area contributed by atoms with E-state index in [0.29, 0.717) is 22.2 Å². The number of phosphoric ester groups is 1. The summed E-state index contributed by atoms with van der Waals surface area (Å²) in [6.07, 6.45) is -1.05. The summed E-state index contributed by atoms with van der Waals surface area (Å²) in [4.78, 5) is 15.1. The molecule has 212 valence electrons. The molecule has 0 saturated heterocycles. The van der Waals surface area contributed by atoms with E-state index in [1.807, 2.05) is 38.9 Å². The Morgan fingerprint density at radius 2 is 1.61 bits per heavy atom. The summed E-state index contributed by atoms with van der Waals surface area (Å²) >= 11 is 0. The maximum absolute atomic E-state index is 13.4. The van der Waals surface area contributed by atoms with Gasteiger partial charge in [-0.1, -0.05) is 13.8 Å². The fraction of sp³-hybridized carbons (Fsp3) is 0.560. The lowest BCUT2D eigenvalue weighted by Gasteiger charge is -2.24. The van der Waals surface area contributed by atoms with Crippen LogP contribution in [-0.2, 0) is 41.3 Å². The predicted molar refractivity (Wildman–Crippen MR) is 140 cm³/mol. The van der Waals surface area contributed by atoms with Gasteiger partial charge in [-0.05, 0) is 71.5 Å². The molecule has 1 aromatic heterocycles. The van der Waals surface area contributed by atoms with Crippen LogP contribution in [0.5, 0.6) is 5.75 Å². The van der Waals surface area contributed by atoms with Gasteiger partial charge in [0.1, 0.15) is 35.5 Å².